The highest BCUT2D eigenvalue weighted by Crippen LogP contribution is 2.10. The Kier molecular flexibility index (Phi) is 3.90. The number of nitrogens with zero attached hydrogens (tertiary/aromatic N) is 2. The second-order valence-corrected chi connectivity index (χ2v) is 3.88. The minimum atomic E-state index is -0.0860. The zero-order chi connectivity index (χ0) is 10.6. The molecule has 0 spiro atoms. The van der Waals surface area contributed by atoms with Gasteiger partial charge < -0.3 is 10.2 Å². The van der Waals surface area contributed by atoms with Crippen LogP contribution < -0.4 is 5.32 Å². The van der Waals surface area contributed by atoms with Gasteiger partial charge in [-0.05, 0) is 19.8 Å². The van der Waals surface area contributed by atoms with E-state index in [1.54, 1.807) is 4.90 Å². The Balaban J connectivity index is 2.43. The molecule has 0 aromatic carbocycles. The quantitative estimate of drug-likeness (QED) is 0.713. The predicted molar refractivity (Wildman–Crippen MR) is 53.5 cm³/mol. The van der Waals surface area contributed by atoms with Crippen LogP contribution in [0, 0.1) is 11.3 Å². The van der Waals surface area contributed by atoms with Crippen LogP contribution in [0.25, 0.3) is 0 Å². The smallest absolute Gasteiger partial charge is 0.239 e. The SMILES string of the molecule is CC(CC#N)NC1CCCN(C)C1=O. The number of carbonyl (C=O) groups excluding carboxylic acids is 1. The Morgan fingerprint density at radius 2 is 2.50 bits per heavy atom. The molecule has 1 amide bonds. The van der Waals surface area contributed by atoms with E-state index in [9.17, 15) is 4.79 Å². The Hall–Kier alpha value is -1.08. The molecule has 1 aliphatic rings. The van der Waals surface area contributed by atoms with E-state index in [0.717, 1.165) is 19.4 Å². The molecular formula is C10H17N3O. The molecule has 0 aromatic rings. The van der Waals surface area contributed by atoms with Gasteiger partial charge in [-0.3, -0.25) is 4.79 Å². The van der Waals surface area contributed by atoms with Crippen LogP contribution in [-0.4, -0.2) is 36.5 Å². The molecule has 1 saturated heterocycles. The van der Waals surface area contributed by atoms with Gasteiger partial charge in [-0.1, -0.05) is 0 Å². The fourth-order valence-corrected chi connectivity index (χ4v) is 1.73. The summed E-state index contributed by atoms with van der Waals surface area (Å²) in [5, 5.41) is 11.7. The van der Waals surface area contributed by atoms with Crippen molar-refractivity contribution in [2.75, 3.05) is 13.6 Å². The lowest BCUT2D eigenvalue weighted by Gasteiger charge is -2.31. The zero-order valence-corrected chi connectivity index (χ0v) is 8.79. The van der Waals surface area contributed by atoms with Crippen LogP contribution in [0.15, 0.2) is 0 Å². The fraction of sp³-hybridized carbons (Fsp3) is 0.800. The molecule has 4 heteroatoms. The standard InChI is InChI=1S/C10H17N3O/c1-8(5-6-11)12-9-4-3-7-13(2)10(9)14/h8-9,12H,3-5,7H2,1-2H3. The summed E-state index contributed by atoms with van der Waals surface area (Å²) in [5.74, 6) is 0.154. The van der Waals surface area contributed by atoms with E-state index in [2.05, 4.69) is 11.4 Å². The number of likely N-dealkylation sites (tertiary alicyclic amines) is 1. The summed E-state index contributed by atoms with van der Waals surface area (Å²) in [4.78, 5) is 13.4. The lowest BCUT2D eigenvalue weighted by molar-refractivity contribution is -0.134. The number of hydrogen-bond donors (Lipinski definition) is 1. The molecule has 78 valence electrons. The van der Waals surface area contributed by atoms with E-state index in [0.29, 0.717) is 6.42 Å². The first-order chi connectivity index (χ1) is 6.65. The largest absolute Gasteiger partial charge is 0.344 e. The summed E-state index contributed by atoms with van der Waals surface area (Å²) in [6.07, 6.45) is 2.38. The number of carbonyl (C=O) groups is 1. The molecule has 14 heavy (non-hydrogen) atoms. The molecule has 1 fully saturated rings. The van der Waals surface area contributed by atoms with Gasteiger partial charge in [-0.25, -0.2) is 0 Å². The molecule has 4 nitrogen and oxygen atoms in total. The van der Waals surface area contributed by atoms with Crippen molar-refractivity contribution in [2.24, 2.45) is 0 Å². The second kappa shape index (κ2) is 4.97. The van der Waals surface area contributed by atoms with Gasteiger partial charge in [0.25, 0.3) is 0 Å². The third-order valence-corrected chi connectivity index (χ3v) is 2.54. The van der Waals surface area contributed by atoms with Crippen LogP contribution >= 0.6 is 0 Å². The molecule has 1 heterocycles. The van der Waals surface area contributed by atoms with E-state index >= 15 is 0 Å². The number of nitriles is 1. The Morgan fingerprint density at radius 1 is 1.79 bits per heavy atom. The maximum atomic E-state index is 11.6. The summed E-state index contributed by atoms with van der Waals surface area (Å²) in [5.41, 5.74) is 0. The minimum Gasteiger partial charge on any atom is -0.344 e. The van der Waals surface area contributed by atoms with Crippen molar-refractivity contribution in [3.63, 3.8) is 0 Å². The monoisotopic (exact) mass is 195 g/mol. The minimum absolute atomic E-state index is 0.0860. The molecule has 2 unspecified atom stereocenters. The van der Waals surface area contributed by atoms with Crippen LogP contribution in [0.3, 0.4) is 0 Å². The van der Waals surface area contributed by atoms with Gasteiger partial charge >= 0.3 is 0 Å². The first kappa shape index (κ1) is 11.0. The van der Waals surface area contributed by atoms with Gasteiger partial charge in [0, 0.05) is 19.6 Å². The molecular weight excluding hydrogens is 178 g/mol. The van der Waals surface area contributed by atoms with Crippen molar-refractivity contribution in [3.05, 3.63) is 0 Å². The van der Waals surface area contributed by atoms with Crippen LogP contribution in [0.2, 0.25) is 0 Å². The van der Waals surface area contributed by atoms with Crippen LogP contribution in [0.5, 0.6) is 0 Å². The highest BCUT2D eigenvalue weighted by atomic mass is 16.2. The first-order valence-corrected chi connectivity index (χ1v) is 5.03. The molecule has 0 aromatic heterocycles. The van der Waals surface area contributed by atoms with Gasteiger partial charge in [-0.15, -0.1) is 0 Å². The highest BCUT2D eigenvalue weighted by molar-refractivity contribution is 5.82. The molecule has 1 N–H and O–H groups in total. The number of nitrogens with one attached hydrogen (secondary N) is 1. The normalized spacial score (nSPS) is 24.5. The summed E-state index contributed by atoms with van der Waals surface area (Å²) < 4.78 is 0. The maximum absolute atomic E-state index is 11.6. The molecule has 1 rings (SSSR count). The van der Waals surface area contributed by atoms with E-state index in [-0.39, 0.29) is 18.0 Å². The maximum Gasteiger partial charge on any atom is 0.239 e. The van der Waals surface area contributed by atoms with Crippen LogP contribution in [0.4, 0.5) is 0 Å². The lowest BCUT2D eigenvalue weighted by Crippen LogP contribution is -2.51. The molecule has 0 saturated carbocycles. The van der Waals surface area contributed by atoms with E-state index < -0.39 is 0 Å². The van der Waals surface area contributed by atoms with E-state index in [1.807, 2.05) is 14.0 Å². The van der Waals surface area contributed by atoms with Gasteiger partial charge in [0.1, 0.15) is 0 Å². The number of hydrogen-bond acceptors (Lipinski definition) is 3. The Labute approximate surface area is 84.9 Å². The number of piperidine rings is 1. The van der Waals surface area contributed by atoms with E-state index in [4.69, 9.17) is 5.26 Å². The Morgan fingerprint density at radius 3 is 3.14 bits per heavy atom. The zero-order valence-electron chi connectivity index (χ0n) is 8.79. The predicted octanol–water partition coefficient (Wildman–Crippen LogP) is 0.499. The van der Waals surface area contributed by atoms with Crippen molar-refractivity contribution in [3.8, 4) is 6.07 Å². The summed E-state index contributed by atoms with van der Waals surface area (Å²) >= 11 is 0. The van der Waals surface area contributed by atoms with Crippen molar-refractivity contribution >= 4 is 5.91 Å². The lowest BCUT2D eigenvalue weighted by atomic mass is 10.0. The number of amides is 1. The fourth-order valence-electron chi connectivity index (χ4n) is 1.73. The van der Waals surface area contributed by atoms with Gasteiger partial charge in [-0.2, -0.15) is 5.26 Å². The molecule has 0 aliphatic carbocycles. The summed E-state index contributed by atoms with van der Waals surface area (Å²) in [7, 11) is 1.82. The average Bonchev–Trinajstić information content (AvgIpc) is 2.13. The molecule has 0 radical (unpaired) electrons. The van der Waals surface area contributed by atoms with Gasteiger partial charge in [0.2, 0.25) is 5.91 Å². The summed E-state index contributed by atoms with van der Waals surface area (Å²) in [6.45, 7) is 2.79. The topological polar surface area (TPSA) is 56.1 Å². The first-order valence-electron chi connectivity index (χ1n) is 5.03. The molecule has 1 aliphatic heterocycles. The average molecular weight is 195 g/mol. The summed E-state index contributed by atoms with van der Waals surface area (Å²) in [6, 6.07) is 2.11. The van der Waals surface area contributed by atoms with Crippen molar-refractivity contribution in [2.45, 2.75) is 38.3 Å². The van der Waals surface area contributed by atoms with Gasteiger partial charge in [0.15, 0.2) is 0 Å². The van der Waals surface area contributed by atoms with Crippen molar-refractivity contribution < 1.29 is 4.79 Å². The van der Waals surface area contributed by atoms with Crippen molar-refractivity contribution in [1.29, 1.82) is 5.26 Å². The molecule has 2 atom stereocenters. The highest BCUT2D eigenvalue weighted by Gasteiger charge is 2.26. The van der Waals surface area contributed by atoms with E-state index in [1.165, 1.54) is 0 Å². The Bertz CT molecular complexity index is 246. The number of likely N-dealkylation sites (N-methyl/N-ethyl adjacent to an activating group) is 1. The number of rotatable bonds is 3. The molecule has 0 bridgehead atoms. The van der Waals surface area contributed by atoms with Crippen LogP contribution in [-0.2, 0) is 4.79 Å². The van der Waals surface area contributed by atoms with Crippen LogP contribution in [0.1, 0.15) is 26.2 Å². The van der Waals surface area contributed by atoms with Crippen molar-refractivity contribution in [1.82, 2.24) is 10.2 Å². The third-order valence-electron chi connectivity index (χ3n) is 2.54. The van der Waals surface area contributed by atoms with Gasteiger partial charge in [0.05, 0.1) is 18.5 Å². The second-order valence-electron chi connectivity index (χ2n) is 3.88. The third kappa shape index (κ3) is 2.71.